The van der Waals surface area contributed by atoms with E-state index in [0.29, 0.717) is 26.4 Å². The maximum Gasteiger partial charge on any atom is 0.146 e. The summed E-state index contributed by atoms with van der Waals surface area (Å²) in [5.74, 6) is 0.209. The van der Waals surface area contributed by atoms with Crippen molar-refractivity contribution in [2.45, 2.75) is 71.1 Å². The molecule has 0 unspecified atom stereocenters. The molecule has 0 aromatic carbocycles. The molecular weight excluding hydrogens is 336 g/mol. The molecular formula is C24H38O3. The largest absolute Gasteiger partial charge is 0.355 e. The standard InChI is InChI=1S/C24H38O3/c1-2-3-4-5-6-7-8-9-10-11-12-13-14-15-16-17-18-19-24(25)23-20-26-22-27-21-23/h6-7,9-10,12-13,15-16,23H,2-5,8,11,14,17-22H2,1H3. The molecule has 0 aromatic heterocycles. The van der Waals surface area contributed by atoms with Gasteiger partial charge in [-0.05, 0) is 44.9 Å². The monoisotopic (exact) mass is 374 g/mol. The molecule has 0 aliphatic carbocycles. The van der Waals surface area contributed by atoms with E-state index in [4.69, 9.17) is 9.47 Å². The summed E-state index contributed by atoms with van der Waals surface area (Å²) in [6.45, 7) is 3.60. The number of hydrogen-bond acceptors (Lipinski definition) is 3. The molecule has 1 saturated heterocycles. The Labute approximate surface area is 166 Å². The molecule has 27 heavy (non-hydrogen) atoms. The van der Waals surface area contributed by atoms with Gasteiger partial charge in [-0.3, -0.25) is 4.79 Å². The number of Topliss-reactive ketones (excluding diaryl/α,β-unsaturated/α-hetero) is 1. The first-order valence-electron chi connectivity index (χ1n) is 10.6. The van der Waals surface area contributed by atoms with E-state index in [1.807, 2.05) is 0 Å². The number of allylic oxidation sites excluding steroid dienone is 8. The van der Waals surface area contributed by atoms with Crippen LogP contribution in [-0.4, -0.2) is 25.8 Å². The van der Waals surface area contributed by atoms with Crippen molar-refractivity contribution in [3.63, 3.8) is 0 Å². The van der Waals surface area contributed by atoms with E-state index >= 15 is 0 Å². The summed E-state index contributed by atoms with van der Waals surface area (Å²) >= 11 is 0. The van der Waals surface area contributed by atoms with Gasteiger partial charge in [0.15, 0.2) is 0 Å². The van der Waals surface area contributed by atoms with Crippen LogP contribution < -0.4 is 0 Å². The second-order valence-corrected chi connectivity index (χ2v) is 7.00. The lowest BCUT2D eigenvalue weighted by molar-refractivity contribution is -0.150. The quantitative estimate of drug-likeness (QED) is 0.248. The highest BCUT2D eigenvalue weighted by Gasteiger charge is 2.21. The summed E-state index contributed by atoms with van der Waals surface area (Å²) in [6.07, 6.45) is 28.4. The molecule has 1 aliphatic rings. The second kappa shape index (κ2) is 17.9. The molecule has 0 saturated carbocycles. The maximum absolute atomic E-state index is 12.0. The van der Waals surface area contributed by atoms with E-state index < -0.39 is 0 Å². The van der Waals surface area contributed by atoms with E-state index in [2.05, 4.69) is 55.5 Å². The van der Waals surface area contributed by atoms with Crippen LogP contribution in [0.3, 0.4) is 0 Å². The van der Waals surface area contributed by atoms with Crippen molar-refractivity contribution in [2.24, 2.45) is 5.92 Å². The SMILES string of the molecule is CCCCCC=CCC=CCC=CCC=CCCCC(=O)C1COCOC1. The molecule has 0 amide bonds. The average Bonchev–Trinajstić information content (AvgIpc) is 2.70. The predicted octanol–water partition coefficient (Wildman–Crippen LogP) is 6.32. The highest BCUT2D eigenvalue weighted by Crippen LogP contribution is 2.11. The first-order chi connectivity index (χ1) is 13.3. The van der Waals surface area contributed by atoms with Crippen LogP contribution in [0.4, 0.5) is 0 Å². The molecule has 0 spiro atoms. The molecule has 0 atom stereocenters. The smallest absolute Gasteiger partial charge is 0.146 e. The Morgan fingerprint density at radius 2 is 1.30 bits per heavy atom. The third-order valence-corrected chi connectivity index (χ3v) is 4.51. The van der Waals surface area contributed by atoms with Crippen molar-refractivity contribution in [1.82, 2.24) is 0 Å². The van der Waals surface area contributed by atoms with Crippen LogP contribution in [0.25, 0.3) is 0 Å². The van der Waals surface area contributed by atoms with Crippen molar-refractivity contribution < 1.29 is 14.3 Å². The van der Waals surface area contributed by atoms with Crippen LogP contribution >= 0.6 is 0 Å². The van der Waals surface area contributed by atoms with Crippen molar-refractivity contribution in [1.29, 1.82) is 0 Å². The van der Waals surface area contributed by atoms with Gasteiger partial charge in [0.25, 0.3) is 0 Å². The fraction of sp³-hybridized carbons (Fsp3) is 0.625. The Kier molecular flexibility index (Phi) is 15.7. The summed E-state index contributed by atoms with van der Waals surface area (Å²) in [4.78, 5) is 12.0. The van der Waals surface area contributed by atoms with Crippen LogP contribution in [0.5, 0.6) is 0 Å². The van der Waals surface area contributed by atoms with Crippen molar-refractivity contribution >= 4 is 5.78 Å². The molecule has 0 bridgehead atoms. The minimum atomic E-state index is -0.0599. The van der Waals surface area contributed by atoms with E-state index in [0.717, 1.165) is 32.1 Å². The average molecular weight is 375 g/mol. The number of rotatable bonds is 15. The minimum absolute atomic E-state index is 0.0599. The van der Waals surface area contributed by atoms with Crippen LogP contribution in [0.15, 0.2) is 48.6 Å². The summed E-state index contributed by atoms with van der Waals surface area (Å²) < 4.78 is 10.3. The lowest BCUT2D eigenvalue weighted by atomic mass is 10.0. The van der Waals surface area contributed by atoms with Gasteiger partial charge in [-0.1, -0.05) is 68.4 Å². The molecule has 3 heteroatoms. The first-order valence-corrected chi connectivity index (χ1v) is 10.6. The molecule has 1 rings (SSSR count). The number of ether oxygens (including phenoxy) is 2. The van der Waals surface area contributed by atoms with E-state index in [-0.39, 0.29) is 11.7 Å². The number of carbonyl (C=O) groups is 1. The van der Waals surface area contributed by atoms with Gasteiger partial charge in [0, 0.05) is 6.42 Å². The lowest BCUT2D eigenvalue weighted by Crippen LogP contribution is -2.30. The summed E-state index contributed by atoms with van der Waals surface area (Å²) in [5, 5.41) is 0. The first kappa shape index (κ1) is 23.6. The van der Waals surface area contributed by atoms with Gasteiger partial charge < -0.3 is 9.47 Å². The fourth-order valence-electron chi connectivity index (χ4n) is 2.83. The summed E-state index contributed by atoms with van der Waals surface area (Å²) in [6, 6.07) is 0. The van der Waals surface area contributed by atoms with E-state index in [1.54, 1.807) is 0 Å². The topological polar surface area (TPSA) is 35.5 Å². The molecule has 152 valence electrons. The Morgan fingerprint density at radius 1 is 0.778 bits per heavy atom. The van der Waals surface area contributed by atoms with Crippen LogP contribution in [-0.2, 0) is 14.3 Å². The number of unbranched alkanes of at least 4 members (excludes halogenated alkanes) is 4. The number of ketones is 1. The van der Waals surface area contributed by atoms with Crippen molar-refractivity contribution in [3.8, 4) is 0 Å². The zero-order valence-electron chi connectivity index (χ0n) is 17.1. The Morgan fingerprint density at radius 3 is 1.85 bits per heavy atom. The van der Waals surface area contributed by atoms with Gasteiger partial charge in [-0.25, -0.2) is 0 Å². The third kappa shape index (κ3) is 14.3. The molecule has 0 aromatic rings. The van der Waals surface area contributed by atoms with Gasteiger partial charge in [0.2, 0.25) is 0 Å². The van der Waals surface area contributed by atoms with Gasteiger partial charge in [-0.2, -0.15) is 0 Å². The van der Waals surface area contributed by atoms with Crippen molar-refractivity contribution in [2.75, 3.05) is 20.0 Å². The molecule has 1 heterocycles. The molecule has 1 aliphatic heterocycles. The van der Waals surface area contributed by atoms with Crippen LogP contribution in [0, 0.1) is 5.92 Å². The highest BCUT2D eigenvalue weighted by molar-refractivity contribution is 5.81. The normalized spacial score (nSPS) is 16.5. The molecule has 3 nitrogen and oxygen atoms in total. The minimum Gasteiger partial charge on any atom is -0.355 e. The summed E-state index contributed by atoms with van der Waals surface area (Å²) in [7, 11) is 0. The molecule has 0 N–H and O–H groups in total. The Bertz CT molecular complexity index is 468. The van der Waals surface area contributed by atoms with Crippen molar-refractivity contribution in [3.05, 3.63) is 48.6 Å². The van der Waals surface area contributed by atoms with Gasteiger partial charge >= 0.3 is 0 Å². The Hall–Kier alpha value is -1.45. The zero-order chi connectivity index (χ0) is 19.4. The van der Waals surface area contributed by atoms with E-state index in [9.17, 15) is 4.79 Å². The van der Waals surface area contributed by atoms with Gasteiger partial charge in [0.1, 0.15) is 12.6 Å². The lowest BCUT2D eigenvalue weighted by Gasteiger charge is -2.20. The zero-order valence-corrected chi connectivity index (χ0v) is 17.1. The number of hydrogen-bond donors (Lipinski definition) is 0. The van der Waals surface area contributed by atoms with Crippen LogP contribution in [0.2, 0.25) is 0 Å². The van der Waals surface area contributed by atoms with Crippen LogP contribution in [0.1, 0.15) is 71.1 Å². The molecule has 0 radical (unpaired) electrons. The third-order valence-electron chi connectivity index (χ3n) is 4.51. The number of carbonyl (C=O) groups excluding carboxylic acids is 1. The van der Waals surface area contributed by atoms with Gasteiger partial charge in [-0.15, -0.1) is 0 Å². The Balaban J connectivity index is 1.92. The summed E-state index contributed by atoms with van der Waals surface area (Å²) in [5.41, 5.74) is 0. The fourth-order valence-corrected chi connectivity index (χ4v) is 2.83. The van der Waals surface area contributed by atoms with Gasteiger partial charge in [0.05, 0.1) is 19.1 Å². The maximum atomic E-state index is 12.0. The van der Waals surface area contributed by atoms with E-state index in [1.165, 1.54) is 25.7 Å². The highest BCUT2D eigenvalue weighted by atomic mass is 16.7. The second-order valence-electron chi connectivity index (χ2n) is 7.00. The molecule has 1 fully saturated rings. The predicted molar refractivity (Wildman–Crippen MR) is 114 cm³/mol.